The van der Waals surface area contributed by atoms with Crippen molar-refractivity contribution in [3.05, 3.63) is 96.1 Å². The molecule has 0 unspecified atom stereocenters. The average Bonchev–Trinajstić information content (AvgIpc) is 3.29. The molecule has 20 heteroatoms. The largest absolute Gasteiger partial charge is 0.497 e. The highest BCUT2D eigenvalue weighted by atomic mass is 16.8. The molecule has 0 saturated carbocycles. The number of benzene rings is 3. The van der Waals surface area contributed by atoms with E-state index in [1.807, 2.05) is 36.4 Å². The number of amides is 1. The van der Waals surface area contributed by atoms with Crippen LogP contribution in [0.15, 0.2) is 84.9 Å². The summed E-state index contributed by atoms with van der Waals surface area (Å²) < 4.78 is 71.5. The maximum atomic E-state index is 14.5. The Morgan fingerprint density at radius 3 is 1.93 bits per heavy atom. The van der Waals surface area contributed by atoms with E-state index in [-0.39, 0.29) is 25.6 Å². The van der Waals surface area contributed by atoms with Crippen LogP contribution in [0, 0.1) is 0 Å². The molecule has 0 aliphatic carbocycles. The van der Waals surface area contributed by atoms with Crippen molar-refractivity contribution >= 4 is 35.8 Å². The first-order chi connectivity index (χ1) is 32.0. The van der Waals surface area contributed by atoms with Gasteiger partial charge in [-0.1, -0.05) is 60.7 Å². The second kappa shape index (κ2) is 24.6. The van der Waals surface area contributed by atoms with Gasteiger partial charge in [0.05, 0.1) is 46.5 Å². The molecule has 0 radical (unpaired) electrons. The number of esters is 5. The van der Waals surface area contributed by atoms with Gasteiger partial charge < -0.3 is 67.3 Å². The molecule has 2 N–H and O–H groups in total. The molecule has 5 rings (SSSR count). The predicted octanol–water partition coefficient (Wildman–Crippen LogP) is 2.87. The number of rotatable bonds is 21. The van der Waals surface area contributed by atoms with Gasteiger partial charge in [-0.15, -0.1) is 0 Å². The molecular formula is C47H57NO19. The summed E-state index contributed by atoms with van der Waals surface area (Å²) in [5.74, 6) is -7.50. The Balaban J connectivity index is 1.67. The van der Waals surface area contributed by atoms with Crippen molar-refractivity contribution in [1.29, 1.82) is 0 Å². The quantitative estimate of drug-likeness (QED) is 0.115. The predicted molar refractivity (Wildman–Crippen MR) is 229 cm³/mol. The van der Waals surface area contributed by atoms with Crippen molar-refractivity contribution in [3.63, 3.8) is 0 Å². The van der Waals surface area contributed by atoms with Gasteiger partial charge in [0.2, 0.25) is 12.2 Å². The standard InChI is InChI=1S/C47H57NO19/c1-27(49)48-39-36(61-29(3)51)22-47(46(55)57-7,66-42(39)41(63-31(5)53)38(62-30(4)52)26-59-28(2)50)67-43-40(54)37(25-58-23-32-14-10-8-11-15-32)65-45(64-35-20-18-34(56-6)19-21-35)44(43)60-24-33-16-12-9-13-17-33/h8-21,36-45,54H,22-26H2,1-7H3,(H,48,49)/t36-,37+,38+,39+,40-,41+,42+,43-,44+,45+,47-/m0/s1. The number of methoxy groups -OCH3 is 2. The number of hydrogen-bond donors (Lipinski definition) is 2. The highest BCUT2D eigenvalue weighted by Crippen LogP contribution is 2.41. The van der Waals surface area contributed by atoms with E-state index < -0.39 is 116 Å². The maximum Gasteiger partial charge on any atom is 0.366 e. The molecule has 2 aliphatic heterocycles. The molecule has 2 aliphatic rings. The first-order valence-corrected chi connectivity index (χ1v) is 21.3. The van der Waals surface area contributed by atoms with Crippen LogP contribution in [0.3, 0.4) is 0 Å². The third-order valence-corrected chi connectivity index (χ3v) is 10.4. The third-order valence-electron chi connectivity index (χ3n) is 10.4. The van der Waals surface area contributed by atoms with E-state index in [2.05, 4.69) is 5.32 Å². The van der Waals surface area contributed by atoms with Gasteiger partial charge in [0.1, 0.15) is 54.7 Å². The van der Waals surface area contributed by atoms with E-state index in [1.165, 1.54) is 7.11 Å². The normalized spacial score (nSPS) is 25.6. The molecule has 364 valence electrons. The Bertz CT molecular complexity index is 2110. The first kappa shape index (κ1) is 51.8. The lowest BCUT2D eigenvalue weighted by Crippen LogP contribution is -2.71. The van der Waals surface area contributed by atoms with Crippen molar-refractivity contribution in [3.8, 4) is 11.5 Å². The van der Waals surface area contributed by atoms with Crippen molar-refractivity contribution in [2.75, 3.05) is 27.4 Å². The Hall–Kier alpha value is -6.16. The lowest BCUT2D eigenvalue weighted by molar-refractivity contribution is -0.369. The van der Waals surface area contributed by atoms with Crippen LogP contribution in [0.1, 0.15) is 52.2 Å². The minimum Gasteiger partial charge on any atom is -0.497 e. The Morgan fingerprint density at radius 2 is 1.37 bits per heavy atom. The molecule has 0 spiro atoms. The maximum absolute atomic E-state index is 14.5. The van der Waals surface area contributed by atoms with E-state index in [9.17, 15) is 33.9 Å². The van der Waals surface area contributed by atoms with Crippen LogP contribution in [0.4, 0.5) is 0 Å². The molecule has 11 atom stereocenters. The summed E-state index contributed by atoms with van der Waals surface area (Å²) in [6, 6.07) is 23.2. The summed E-state index contributed by atoms with van der Waals surface area (Å²) in [5, 5.41) is 15.1. The van der Waals surface area contributed by atoms with Gasteiger partial charge in [0, 0.05) is 34.6 Å². The number of aliphatic hydroxyl groups is 1. The fourth-order valence-electron chi connectivity index (χ4n) is 7.60. The molecule has 0 bridgehead atoms. The van der Waals surface area contributed by atoms with Gasteiger partial charge in [0.25, 0.3) is 5.79 Å². The Labute approximate surface area is 387 Å². The molecule has 2 fully saturated rings. The minimum atomic E-state index is -2.76. The van der Waals surface area contributed by atoms with Crippen LogP contribution in [0.25, 0.3) is 0 Å². The van der Waals surface area contributed by atoms with Crippen molar-refractivity contribution < 1.29 is 90.7 Å². The molecule has 67 heavy (non-hydrogen) atoms. The average molecular weight is 940 g/mol. The number of carbonyl (C=O) groups is 6. The van der Waals surface area contributed by atoms with Gasteiger partial charge in [0.15, 0.2) is 12.2 Å². The second-order valence-electron chi connectivity index (χ2n) is 15.6. The van der Waals surface area contributed by atoms with Gasteiger partial charge in [-0.2, -0.15) is 0 Å². The summed E-state index contributed by atoms with van der Waals surface area (Å²) in [6.45, 7) is 4.37. The molecule has 1 amide bonds. The Kier molecular flexibility index (Phi) is 19.0. The fraction of sp³-hybridized carbons (Fsp3) is 0.489. The van der Waals surface area contributed by atoms with E-state index in [4.69, 9.17) is 56.8 Å². The summed E-state index contributed by atoms with van der Waals surface area (Å²) in [5.41, 5.74) is 1.50. The van der Waals surface area contributed by atoms with Crippen LogP contribution in [-0.4, -0.2) is 135 Å². The van der Waals surface area contributed by atoms with Crippen LogP contribution < -0.4 is 14.8 Å². The number of nitrogens with one attached hydrogen (secondary N) is 1. The van der Waals surface area contributed by atoms with Gasteiger partial charge in [-0.05, 0) is 35.4 Å². The van der Waals surface area contributed by atoms with Crippen molar-refractivity contribution in [2.45, 2.75) is 121 Å². The van der Waals surface area contributed by atoms with Crippen LogP contribution in [-0.2, 0) is 89.3 Å². The van der Waals surface area contributed by atoms with Crippen molar-refractivity contribution in [2.24, 2.45) is 0 Å². The van der Waals surface area contributed by atoms with Gasteiger partial charge >= 0.3 is 29.8 Å². The monoisotopic (exact) mass is 939 g/mol. The molecule has 2 saturated heterocycles. The SMILES string of the molecule is COC(=O)[C@@]1(O[C@H]2[C@@H](O)[C@@H](COCc3ccccc3)O[C@@H](Oc3ccc(OC)cc3)[C@@H]2OCc2ccccc2)C[C@H](OC(C)=O)[C@@H](NC(C)=O)[C@H]([C@H](OC(C)=O)[C@@H](COC(C)=O)OC(C)=O)O1. The highest BCUT2D eigenvalue weighted by molar-refractivity contribution is 5.79. The number of ether oxygens (including phenoxy) is 12. The summed E-state index contributed by atoms with van der Waals surface area (Å²) >= 11 is 0. The van der Waals surface area contributed by atoms with Gasteiger partial charge in [-0.25, -0.2) is 4.79 Å². The van der Waals surface area contributed by atoms with Crippen LogP contribution >= 0.6 is 0 Å². The topological polar surface area (TPSA) is 245 Å². The molecule has 2 heterocycles. The summed E-state index contributed by atoms with van der Waals surface area (Å²) in [6.07, 6.45) is -15.2. The molecule has 0 aromatic heterocycles. The van der Waals surface area contributed by atoms with E-state index >= 15 is 0 Å². The zero-order chi connectivity index (χ0) is 48.7. The molecular weight excluding hydrogens is 883 g/mol. The van der Waals surface area contributed by atoms with Crippen LogP contribution in [0.2, 0.25) is 0 Å². The van der Waals surface area contributed by atoms with Crippen LogP contribution in [0.5, 0.6) is 11.5 Å². The second-order valence-corrected chi connectivity index (χ2v) is 15.6. The van der Waals surface area contributed by atoms with E-state index in [0.717, 1.165) is 47.3 Å². The van der Waals surface area contributed by atoms with E-state index in [1.54, 1.807) is 48.5 Å². The molecule has 20 nitrogen and oxygen atoms in total. The van der Waals surface area contributed by atoms with Crippen molar-refractivity contribution in [1.82, 2.24) is 5.32 Å². The Morgan fingerprint density at radius 1 is 0.761 bits per heavy atom. The highest BCUT2D eigenvalue weighted by Gasteiger charge is 2.62. The first-order valence-electron chi connectivity index (χ1n) is 21.3. The van der Waals surface area contributed by atoms with Gasteiger partial charge in [-0.3, -0.25) is 24.0 Å². The molecule has 3 aromatic rings. The third kappa shape index (κ3) is 14.7. The summed E-state index contributed by atoms with van der Waals surface area (Å²) in [4.78, 5) is 77.8. The molecule has 3 aromatic carbocycles. The zero-order valence-electron chi connectivity index (χ0n) is 38.2. The number of carbonyl (C=O) groups excluding carboxylic acids is 6. The fourth-order valence-corrected chi connectivity index (χ4v) is 7.60. The smallest absolute Gasteiger partial charge is 0.366 e. The number of aliphatic hydroxyl groups excluding tert-OH is 1. The lowest BCUT2D eigenvalue weighted by atomic mass is 9.87. The lowest BCUT2D eigenvalue weighted by Gasteiger charge is -2.51. The summed E-state index contributed by atoms with van der Waals surface area (Å²) in [7, 11) is 2.51. The minimum absolute atomic E-state index is 0.108. The number of hydrogen-bond acceptors (Lipinski definition) is 19. The van der Waals surface area contributed by atoms with E-state index in [0.29, 0.717) is 11.3 Å². The zero-order valence-corrected chi connectivity index (χ0v) is 38.2.